The largest absolute Gasteiger partial charge is 0.462 e. The minimum absolute atomic E-state index is 0.161. The first-order valence-corrected chi connectivity index (χ1v) is 9.29. The molecule has 0 fully saturated rings. The molecule has 2 aromatic rings. The van der Waals surface area contributed by atoms with Crippen molar-refractivity contribution in [1.29, 1.82) is 0 Å². The molecular formula is C21H30FN2O2+. The Labute approximate surface area is 155 Å². The van der Waals surface area contributed by atoms with E-state index < -0.39 is 0 Å². The Hall–Kier alpha value is -2.14. The smallest absolute Gasteiger partial charge is 0.361 e. The highest BCUT2D eigenvalue weighted by Gasteiger charge is 2.25. The summed E-state index contributed by atoms with van der Waals surface area (Å²) in [4.78, 5) is 13.2. The van der Waals surface area contributed by atoms with Gasteiger partial charge in [-0.2, -0.15) is 0 Å². The number of benzene rings is 1. The lowest BCUT2D eigenvalue weighted by Gasteiger charge is -2.28. The lowest BCUT2D eigenvalue weighted by atomic mass is 10.0. The Morgan fingerprint density at radius 3 is 2.50 bits per heavy atom. The third kappa shape index (κ3) is 5.70. The van der Waals surface area contributed by atoms with Crippen LogP contribution in [-0.4, -0.2) is 29.7 Å². The SMILES string of the molecule is CCOC(=O)C[NH+](Cc1cccn1Cc1ccc(F)cc1)[C@@H](C)C(C)C. The van der Waals surface area contributed by atoms with Crippen molar-refractivity contribution in [3.63, 3.8) is 0 Å². The molecule has 2 rings (SSSR count). The number of halogens is 1. The van der Waals surface area contributed by atoms with E-state index in [-0.39, 0.29) is 11.8 Å². The van der Waals surface area contributed by atoms with Crippen LogP contribution in [0, 0.1) is 11.7 Å². The van der Waals surface area contributed by atoms with Crippen molar-refractivity contribution in [2.24, 2.45) is 5.92 Å². The molecule has 4 nitrogen and oxygen atoms in total. The second-order valence-electron chi connectivity index (χ2n) is 7.10. The minimum atomic E-state index is -0.225. The summed E-state index contributed by atoms with van der Waals surface area (Å²) in [6.45, 7) is 10.5. The van der Waals surface area contributed by atoms with Crippen LogP contribution < -0.4 is 4.90 Å². The van der Waals surface area contributed by atoms with Gasteiger partial charge in [-0.05, 0) is 43.7 Å². The van der Waals surface area contributed by atoms with Gasteiger partial charge in [0.1, 0.15) is 12.4 Å². The number of esters is 1. The van der Waals surface area contributed by atoms with Gasteiger partial charge in [0.2, 0.25) is 0 Å². The van der Waals surface area contributed by atoms with Gasteiger partial charge in [-0.3, -0.25) is 0 Å². The van der Waals surface area contributed by atoms with E-state index in [1.54, 1.807) is 12.1 Å². The molecule has 0 aliphatic carbocycles. The van der Waals surface area contributed by atoms with Gasteiger partial charge in [0, 0.05) is 18.7 Å². The van der Waals surface area contributed by atoms with Gasteiger partial charge in [0.15, 0.2) is 6.54 Å². The van der Waals surface area contributed by atoms with Crippen LogP contribution in [0.15, 0.2) is 42.6 Å². The van der Waals surface area contributed by atoms with Crippen molar-refractivity contribution in [2.75, 3.05) is 13.2 Å². The maximum absolute atomic E-state index is 13.1. The van der Waals surface area contributed by atoms with E-state index in [4.69, 9.17) is 4.74 Å². The van der Waals surface area contributed by atoms with E-state index >= 15 is 0 Å². The number of ether oxygens (including phenoxy) is 1. The van der Waals surface area contributed by atoms with Gasteiger partial charge >= 0.3 is 5.97 Å². The molecule has 0 radical (unpaired) electrons. The van der Waals surface area contributed by atoms with Gasteiger partial charge in [-0.1, -0.05) is 26.0 Å². The van der Waals surface area contributed by atoms with Gasteiger partial charge in [0.25, 0.3) is 0 Å². The molecule has 0 spiro atoms. The highest BCUT2D eigenvalue weighted by molar-refractivity contribution is 5.70. The summed E-state index contributed by atoms with van der Waals surface area (Å²) in [6, 6.07) is 11.0. The van der Waals surface area contributed by atoms with Crippen molar-refractivity contribution in [2.45, 2.75) is 46.8 Å². The van der Waals surface area contributed by atoms with E-state index in [9.17, 15) is 9.18 Å². The number of hydrogen-bond donors (Lipinski definition) is 1. The Kier molecular flexibility index (Phi) is 7.39. The van der Waals surface area contributed by atoms with Gasteiger partial charge in [-0.25, -0.2) is 9.18 Å². The van der Waals surface area contributed by atoms with E-state index in [2.05, 4.69) is 31.4 Å². The molecule has 2 atom stereocenters. The first-order valence-electron chi connectivity index (χ1n) is 9.29. The van der Waals surface area contributed by atoms with E-state index in [0.717, 1.165) is 17.8 Å². The maximum Gasteiger partial charge on any atom is 0.361 e. The average Bonchev–Trinajstić information content (AvgIpc) is 3.02. The van der Waals surface area contributed by atoms with Gasteiger partial charge in [-0.15, -0.1) is 0 Å². The summed E-state index contributed by atoms with van der Waals surface area (Å²) in [5, 5.41) is 0. The van der Waals surface area contributed by atoms with Crippen molar-refractivity contribution < 1.29 is 18.8 Å². The minimum Gasteiger partial charge on any atom is -0.462 e. The molecule has 1 aromatic heterocycles. The fourth-order valence-electron chi connectivity index (χ4n) is 3.04. The molecule has 0 aliphatic heterocycles. The zero-order valence-electron chi connectivity index (χ0n) is 16.2. The number of nitrogens with one attached hydrogen (secondary N) is 1. The Morgan fingerprint density at radius 1 is 1.19 bits per heavy atom. The molecule has 26 heavy (non-hydrogen) atoms. The number of aromatic nitrogens is 1. The predicted octanol–water partition coefficient (Wildman–Crippen LogP) is 2.67. The summed E-state index contributed by atoms with van der Waals surface area (Å²) >= 11 is 0. The van der Waals surface area contributed by atoms with Crippen LogP contribution >= 0.6 is 0 Å². The highest BCUT2D eigenvalue weighted by Crippen LogP contribution is 2.09. The molecule has 0 amide bonds. The zero-order chi connectivity index (χ0) is 19.1. The molecule has 5 heteroatoms. The lowest BCUT2D eigenvalue weighted by molar-refractivity contribution is -0.933. The van der Waals surface area contributed by atoms with Crippen molar-refractivity contribution in [3.05, 3.63) is 59.7 Å². The zero-order valence-corrected chi connectivity index (χ0v) is 16.2. The fraction of sp³-hybridized carbons (Fsp3) is 0.476. The van der Waals surface area contributed by atoms with Crippen molar-refractivity contribution >= 4 is 5.97 Å². The molecular weight excluding hydrogens is 331 g/mol. The quantitative estimate of drug-likeness (QED) is 0.697. The molecule has 0 saturated carbocycles. The summed E-state index contributed by atoms with van der Waals surface area (Å²) < 4.78 is 20.4. The maximum atomic E-state index is 13.1. The number of rotatable bonds is 9. The monoisotopic (exact) mass is 361 g/mol. The molecule has 0 bridgehead atoms. The number of nitrogens with zero attached hydrogens (tertiary/aromatic N) is 1. The Morgan fingerprint density at radius 2 is 1.88 bits per heavy atom. The molecule has 1 N–H and O–H groups in total. The molecule has 0 aliphatic rings. The van der Waals surface area contributed by atoms with Crippen LogP contribution in [-0.2, 0) is 22.6 Å². The second-order valence-corrected chi connectivity index (χ2v) is 7.10. The van der Waals surface area contributed by atoms with Crippen molar-refractivity contribution in [1.82, 2.24) is 4.57 Å². The summed E-state index contributed by atoms with van der Waals surface area (Å²) in [5.74, 6) is 0.0730. The molecule has 0 saturated heterocycles. The van der Waals surface area contributed by atoms with Crippen LogP contribution in [0.2, 0.25) is 0 Å². The summed E-state index contributed by atoms with van der Waals surface area (Å²) in [7, 11) is 0. The molecule has 1 unspecified atom stereocenters. The topological polar surface area (TPSA) is 35.7 Å². The molecule has 142 valence electrons. The average molecular weight is 361 g/mol. The third-order valence-electron chi connectivity index (χ3n) is 4.92. The standard InChI is InChI=1S/C21H29FN2O2/c1-5-26-21(25)15-24(17(4)16(2)3)14-20-7-6-12-23(20)13-18-8-10-19(22)11-9-18/h6-12,16-17H,5,13-15H2,1-4H3/p+1/t17-/m0/s1. The molecule has 1 aromatic carbocycles. The van der Waals surface area contributed by atoms with Crippen LogP contribution in [0.3, 0.4) is 0 Å². The first-order chi connectivity index (χ1) is 12.4. The predicted molar refractivity (Wildman–Crippen MR) is 100 cm³/mol. The van der Waals surface area contributed by atoms with Crippen LogP contribution in [0.1, 0.15) is 39.0 Å². The summed E-state index contributed by atoms with van der Waals surface area (Å²) in [6.07, 6.45) is 2.03. The highest BCUT2D eigenvalue weighted by atomic mass is 19.1. The van der Waals surface area contributed by atoms with Gasteiger partial charge in [0.05, 0.1) is 18.3 Å². The van der Waals surface area contributed by atoms with Crippen molar-refractivity contribution in [3.8, 4) is 0 Å². The molecule has 1 heterocycles. The normalized spacial score (nSPS) is 13.6. The Balaban J connectivity index is 2.13. The lowest BCUT2D eigenvalue weighted by Crippen LogP contribution is -3.15. The number of quaternary nitrogens is 1. The third-order valence-corrected chi connectivity index (χ3v) is 4.92. The van der Waals surface area contributed by atoms with E-state index in [0.29, 0.717) is 31.7 Å². The fourth-order valence-corrected chi connectivity index (χ4v) is 3.04. The van der Waals surface area contributed by atoms with E-state index in [1.165, 1.54) is 17.0 Å². The number of carbonyl (C=O) groups is 1. The van der Waals surface area contributed by atoms with Crippen LogP contribution in [0.4, 0.5) is 4.39 Å². The van der Waals surface area contributed by atoms with Gasteiger partial charge < -0.3 is 14.2 Å². The van der Waals surface area contributed by atoms with Crippen LogP contribution in [0.25, 0.3) is 0 Å². The number of hydrogen-bond acceptors (Lipinski definition) is 2. The second kappa shape index (κ2) is 9.53. The first kappa shape index (κ1) is 20.2. The van der Waals surface area contributed by atoms with Crippen LogP contribution in [0.5, 0.6) is 0 Å². The van der Waals surface area contributed by atoms with E-state index in [1.807, 2.05) is 19.2 Å². The Bertz CT molecular complexity index is 694. The number of carbonyl (C=O) groups excluding carboxylic acids is 1. The summed E-state index contributed by atoms with van der Waals surface area (Å²) in [5.41, 5.74) is 2.20.